The third kappa shape index (κ3) is 4.98. The second kappa shape index (κ2) is 9.12. The number of hydrogen-bond donors (Lipinski definition) is 2. The van der Waals surface area contributed by atoms with Crippen LogP contribution >= 0.6 is 0 Å². The minimum atomic E-state index is -0.604. The zero-order valence-electron chi connectivity index (χ0n) is 16.3. The predicted molar refractivity (Wildman–Crippen MR) is 107 cm³/mol. The van der Waals surface area contributed by atoms with Gasteiger partial charge in [0.05, 0.1) is 21.7 Å². The Morgan fingerprint density at radius 1 is 0.688 bits per heavy atom. The fourth-order valence-corrected chi connectivity index (χ4v) is 3.36. The van der Waals surface area contributed by atoms with Gasteiger partial charge in [-0.3, -0.25) is 50.0 Å². The topological polar surface area (TPSA) is 179 Å². The third-order valence-corrected chi connectivity index (χ3v) is 4.90. The van der Waals surface area contributed by atoms with Crippen molar-refractivity contribution < 1.29 is 29.0 Å². The van der Waals surface area contributed by atoms with Crippen LogP contribution in [0.2, 0.25) is 0 Å². The first-order valence-corrected chi connectivity index (χ1v) is 9.32. The monoisotopic (exact) mass is 440 g/mol. The average molecular weight is 440 g/mol. The lowest BCUT2D eigenvalue weighted by Crippen LogP contribution is -2.21. The third-order valence-electron chi connectivity index (χ3n) is 4.90. The molecular formula is C20H16N4O8. The zero-order chi connectivity index (χ0) is 23.4. The lowest BCUT2D eigenvalue weighted by atomic mass is 9.97. The Kier molecular flexibility index (Phi) is 6.33. The predicted octanol–water partition coefficient (Wildman–Crippen LogP) is 1.45. The van der Waals surface area contributed by atoms with Crippen LogP contribution in [0.4, 0.5) is 11.4 Å². The highest BCUT2D eigenvalue weighted by atomic mass is 16.6. The number of nitro groups is 2. The Bertz CT molecular complexity index is 1060. The van der Waals surface area contributed by atoms with Crippen LogP contribution in [0.15, 0.2) is 48.5 Å². The van der Waals surface area contributed by atoms with Crippen molar-refractivity contribution in [1.29, 1.82) is 0 Å². The summed E-state index contributed by atoms with van der Waals surface area (Å²) in [5.41, 5.74) is 0.837. The highest BCUT2D eigenvalue weighted by Crippen LogP contribution is 2.27. The van der Waals surface area contributed by atoms with E-state index >= 15 is 0 Å². The first-order valence-electron chi connectivity index (χ1n) is 9.32. The van der Waals surface area contributed by atoms with Crippen molar-refractivity contribution in [3.05, 3.63) is 79.9 Å². The van der Waals surface area contributed by atoms with Crippen LogP contribution in [0.5, 0.6) is 0 Å². The normalized spacial score (nSPS) is 19.6. The van der Waals surface area contributed by atoms with Crippen molar-refractivity contribution in [3.63, 3.8) is 0 Å². The molecule has 4 rings (SSSR count). The molecule has 0 bridgehead atoms. The van der Waals surface area contributed by atoms with Crippen molar-refractivity contribution in [3.8, 4) is 0 Å². The molecule has 0 aliphatic carbocycles. The van der Waals surface area contributed by atoms with Crippen LogP contribution in [0.25, 0.3) is 0 Å². The lowest BCUT2D eigenvalue weighted by Gasteiger charge is -2.05. The number of amides is 4. The van der Waals surface area contributed by atoms with Crippen LogP contribution in [0.1, 0.15) is 35.8 Å². The van der Waals surface area contributed by atoms with Crippen LogP contribution in [0, 0.1) is 20.2 Å². The van der Waals surface area contributed by atoms with Gasteiger partial charge < -0.3 is 0 Å². The van der Waals surface area contributed by atoms with Gasteiger partial charge in [0.2, 0.25) is 23.6 Å². The minimum absolute atomic E-state index is 0.0556. The summed E-state index contributed by atoms with van der Waals surface area (Å²) in [5, 5.41) is 25.4. The minimum Gasteiger partial charge on any atom is -0.296 e. The summed E-state index contributed by atoms with van der Waals surface area (Å²) < 4.78 is 0. The average Bonchev–Trinajstić information content (AvgIpc) is 3.28. The van der Waals surface area contributed by atoms with Crippen molar-refractivity contribution in [2.24, 2.45) is 0 Å². The van der Waals surface area contributed by atoms with Crippen LogP contribution in [-0.2, 0) is 19.2 Å². The molecule has 0 spiro atoms. The van der Waals surface area contributed by atoms with E-state index in [1.165, 1.54) is 36.4 Å². The lowest BCUT2D eigenvalue weighted by molar-refractivity contribution is -0.385. The summed E-state index contributed by atoms with van der Waals surface area (Å²) in [6.45, 7) is 0. The molecule has 12 nitrogen and oxygen atoms in total. The number of carbonyl (C=O) groups is 4. The number of imide groups is 2. The first-order chi connectivity index (χ1) is 15.2. The van der Waals surface area contributed by atoms with Gasteiger partial charge >= 0.3 is 0 Å². The molecule has 2 fully saturated rings. The van der Waals surface area contributed by atoms with Crippen molar-refractivity contribution in [1.82, 2.24) is 10.6 Å². The second-order valence-corrected chi connectivity index (χ2v) is 7.04. The molecule has 2 aliphatic rings. The van der Waals surface area contributed by atoms with Gasteiger partial charge in [-0.2, -0.15) is 0 Å². The van der Waals surface area contributed by atoms with E-state index in [1.807, 2.05) is 0 Å². The SMILES string of the molecule is O=C1C[C@H](c2cccc([N+](=O)[O-])c2)C(=O)N1.O=C1C[C@H](c2cccc([N+](=O)[O-])c2)C(=O)N1. The van der Waals surface area contributed by atoms with Gasteiger partial charge in [-0.15, -0.1) is 0 Å². The molecule has 0 radical (unpaired) electrons. The van der Waals surface area contributed by atoms with E-state index < -0.39 is 33.5 Å². The number of nitro benzene ring substituents is 2. The number of hydrogen-bond acceptors (Lipinski definition) is 8. The quantitative estimate of drug-likeness (QED) is 0.407. The maximum atomic E-state index is 11.4. The summed E-state index contributed by atoms with van der Waals surface area (Å²) in [7, 11) is 0. The van der Waals surface area contributed by atoms with E-state index in [1.54, 1.807) is 12.1 Å². The molecule has 4 amide bonds. The largest absolute Gasteiger partial charge is 0.296 e. The molecule has 0 aromatic heterocycles. The van der Waals surface area contributed by atoms with Gasteiger partial charge in [0.1, 0.15) is 0 Å². The molecule has 164 valence electrons. The van der Waals surface area contributed by atoms with E-state index in [2.05, 4.69) is 10.6 Å². The summed E-state index contributed by atoms with van der Waals surface area (Å²) >= 11 is 0. The Morgan fingerprint density at radius 2 is 1.06 bits per heavy atom. The molecule has 0 unspecified atom stereocenters. The van der Waals surface area contributed by atoms with E-state index in [9.17, 15) is 39.4 Å². The number of nitrogens with one attached hydrogen (secondary N) is 2. The summed E-state index contributed by atoms with van der Waals surface area (Å²) in [4.78, 5) is 64.8. The van der Waals surface area contributed by atoms with Gasteiger partial charge in [0, 0.05) is 37.1 Å². The number of carbonyl (C=O) groups excluding carboxylic acids is 4. The van der Waals surface area contributed by atoms with Crippen LogP contribution < -0.4 is 10.6 Å². The first kappa shape index (κ1) is 22.2. The van der Waals surface area contributed by atoms with Gasteiger partial charge in [-0.1, -0.05) is 24.3 Å². The molecule has 0 saturated carbocycles. The smallest absolute Gasteiger partial charge is 0.269 e. The van der Waals surface area contributed by atoms with Crippen LogP contribution in [0.3, 0.4) is 0 Å². The maximum absolute atomic E-state index is 11.4. The number of benzene rings is 2. The van der Waals surface area contributed by atoms with Crippen molar-refractivity contribution in [2.75, 3.05) is 0 Å². The van der Waals surface area contributed by atoms with E-state index in [4.69, 9.17) is 0 Å². The number of rotatable bonds is 4. The molecule has 2 saturated heterocycles. The van der Waals surface area contributed by atoms with Crippen molar-refractivity contribution in [2.45, 2.75) is 24.7 Å². The van der Waals surface area contributed by atoms with E-state index in [0.717, 1.165) is 0 Å². The molecule has 2 atom stereocenters. The molecule has 2 heterocycles. The van der Waals surface area contributed by atoms with Gasteiger partial charge in [0.25, 0.3) is 11.4 Å². The molecule has 12 heteroatoms. The Hall–Kier alpha value is -4.48. The molecule has 2 aliphatic heterocycles. The highest BCUT2D eigenvalue weighted by molar-refractivity contribution is 6.06. The number of non-ortho nitro benzene ring substituents is 2. The Balaban J connectivity index is 0.000000181. The molecular weight excluding hydrogens is 424 g/mol. The molecule has 2 aromatic rings. The van der Waals surface area contributed by atoms with Gasteiger partial charge in [-0.25, -0.2) is 0 Å². The van der Waals surface area contributed by atoms with Crippen molar-refractivity contribution >= 4 is 35.0 Å². The summed E-state index contributed by atoms with van der Waals surface area (Å²) in [5.74, 6) is -2.70. The fraction of sp³-hybridized carbons (Fsp3) is 0.200. The Morgan fingerprint density at radius 3 is 1.34 bits per heavy atom. The van der Waals surface area contributed by atoms with E-state index in [-0.39, 0.29) is 36.0 Å². The Labute approximate surface area is 179 Å². The van der Waals surface area contributed by atoms with Gasteiger partial charge in [0.15, 0.2) is 0 Å². The summed E-state index contributed by atoms with van der Waals surface area (Å²) in [6.07, 6.45) is 0.111. The summed E-state index contributed by atoms with van der Waals surface area (Å²) in [6, 6.07) is 11.6. The fourth-order valence-electron chi connectivity index (χ4n) is 3.36. The number of nitrogens with zero attached hydrogens (tertiary/aromatic N) is 2. The molecule has 2 aromatic carbocycles. The molecule has 32 heavy (non-hydrogen) atoms. The zero-order valence-corrected chi connectivity index (χ0v) is 16.3. The standard InChI is InChI=1S/2C10H8N2O4/c2*13-9-5-8(10(14)11-9)6-2-1-3-7(4-6)12(15)16/h2*1-4,8H,5H2,(H,11,13,14)/t2*8-/m11/s1. The highest BCUT2D eigenvalue weighted by Gasteiger charge is 2.33. The van der Waals surface area contributed by atoms with E-state index in [0.29, 0.717) is 11.1 Å². The second-order valence-electron chi connectivity index (χ2n) is 7.04. The maximum Gasteiger partial charge on any atom is 0.269 e. The van der Waals surface area contributed by atoms with Crippen LogP contribution in [-0.4, -0.2) is 33.5 Å². The van der Waals surface area contributed by atoms with Gasteiger partial charge in [-0.05, 0) is 11.1 Å². The molecule has 2 N–H and O–H groups in total.